The Kier molecular flexibility index (Phi) is 6.53. The van der Waals surface area contributed by atoms with Gasteiger partial charge in [0.05, 0.1) is 17.1 Å². The van der Waals surface area contributed by atoms with Gasteiger partial charge in [0.15, 0.2) is 0 Å². The number of pyridine rings is 1. The van der Waals surface area contributed by atoms with E-state index in [1.54, 1.807) is 16.9 Å². The maximum Gasteiger partial charge on any atom is 0.274 e. The van der Waals surface area contributed by atoms with Gasteiger partial charge in [-0.05, 0) is 31.0 Å². The summed E-state index contributed by atoms with van der Waals surface area (Å²) in [6.07, 6.45) is 9.20. The summed E-state index contributed by atoms with van der Waals surface area (Å²) >= 11 is 0. The minimum atomic E-state index is -0.0945. The molecular weight excluding hydrogens is 386 g/mol. The van der Waals surface area contributed by atoms with Gasteiger partial charge in [-0.25, -0.2) is 9.20 Å². The Bertz CT molecular complexity index is 1250. The van der Waals surface area contributed by atoms with Gasteiger partial charge in [-0.2, -0.15) is 15.5 Å². The van der Waals surface area contributed by atoms with Gasteiger partial charge in [-0.1, -0.05) is 55.7 Å². The summed E-state index contributed by atoms with van der Waals surface area (Å²) in [5.74, 6) is 0. The summed E-state index contributed by atoms with van der Waals surface area (Å²) < 4.78 is 3.38. The third-order valence-corrected chi connectivity index (χ3v) is 5.43. The van der Waals surface area contributed by atoms with Crippen LogP contribution in [0.5, 0.6) is 0 Å². The normalized spacial score (nSPS) is 10.9. The smallest absolute Gasteiger partial charge is 0.267 e. The maximum absolute atomic E-state index is 13.3. The fourth-order valence-corrected chi connectivity index (χ4v) is 3.86. The molecule has 0 amide bonds. The lowest BCUT2D eigenvalue weighted by Gasteiger charge is -2.08. The summed E-state index contributed by atoms with van der Waals surface area (Å²) in [5.41, 5.74) is 4.02. The average molecular weight is 412 g/mol. The molecule has 0 aliphatic heterocycles. The van der Waals surface area contributed by atoms with E-state index in [2.05, 4.69) is 11.2 Å². The van der Waals surface area contributed by atoms with E-state index < -0.39 is 0 Å². The van der Waals surface area contributed by atoms with Gasteiger partial charge in [0.1, 0.15) is 5.69 Å². The first kappa shape index (κ1) is 20.5. The molecule has 0 N–H and O–H groups in total. The summed E-state index contributed by atoms with van der Waals surface area (Å²) in [4.78, 5) is 13.3. The molecule has 31 heavy (non-hydrogen) atoms. The lowest BCUT2D eigenvalue weighted by molar-refractivity contribution is 0.512. The number of aromatic nitrogens is 4. The van der Waals surface area contributed by atoms with Crippen LogP contribution >= 0.6 is 0 Å². The minimum Gasteiger partial charge on any atom is -0.267 e. The molecule has 0 aliphatic carbocycles. The van der Waals surface area contributed by atoms with E-state index in [9.17, 15) is 4.79 Å². The third kappa shape index (κ3) is 4.56. The number of nitrogens with zero attached hydrogens (tertiary/aromatic N) is 5. The molecule has 3 aromatic heterocycles. The van der Waals surface area contributed by atoms with Crippen molar-refractivity contribution in [1.29, 1.82) is 5.26 Å². The molecule has 3 heterocycles. The van der Waals surface area contributed by atoms with Crippen molar-refractivity contribution in [1.82, 2.24) is 19.4 Å². The van der Waals surface area contributed by atoms with E-state index in [0.29, 0.717) is 18.5 Å². The molecule has 0 atom stereocenters. The highest BCUT2D eigenvalue weighted by molar-refractivity contribution is 5.91. The van der Waals surface area contributed by atoms with E-state index >= 15 is 0 Å². The first-order chi connectivity index (χ1) is 15.3. The van der Waals surface area contributed by atoms with Crippen LogP contribution in [0.4, 0.5) is 0 Å². The fraction of sp³-hybridized carbons (Fsp3) is 0.280. The molecule has 4 rings (SSSR count). The quantitative estimate of drug-likeness (QED) is 0.360. The van der Waals surface area contributed by atoms with Gasteiger partial charge in [-0.15, -0.1) is 0 Å². The Morgan fingerprint density at radius 1 is 0.903 bits per heavy atom. The first-order valence-corrected chi connectivity index (χ1v) is 10.8. The second kappa shape index (κ2) is 9.86. The fourth-order valence-electron chi connectivity index (χ4n) is 3.86. The predicted molar refractivity (Wildman–Crippen MR) is 121 cm³/mol. The van der Waals surface area contributed by atoms with Crippen LogP contribution in [0, 0.1) is 11.3 Å². The highest BCUT2D eigenvalue weighted by atomic mass is 16.1. The molecule has 1 aromatic carbocycles. The van der Waals surface area contributed by atoms with Gasteiger partial charge < -0.3 is 0 Å². The van der Waals surface area contributed by atoms with Crippen LogP contribution in [0.25, 0.3) is 27.9 Å². The van der Waals surface area contributed by atoms with E-state index in [4.69, 9.17) is 10.4 Å². The van der Waals surface area contributed by atoms with E-state index in [0.717, 1.165) is 54.4 Å². The van der Waals surface area contributed by atoms with E-state index in [1.165, 1.54) is 0 Å². The minimum absolute atomic E-state index is 0.0945. The number of nitriles is 1. The van der Waals surface area contributed by atoms with E-state index in [1.807, 2.05) is 59.2 Å². The number of hydrogen-bond acceptors (Lipinski definition) is 4. The monoisotopic (exact) mass is 411 g/mol. The van der Waals surface area contributed by atoms with Gasteiger partial charge in [0, 0.05) is 36.5 Å². The molecule has 0 unspecified atom stereocenters. The molecule has 0 spiro atoms. The molecular formula is C25H25N5O. The number of benzene rings is 1. The van der Waals surface area contributed by atoms with Crippen LogP contribution in [0.2, 0.25) is 0 Å². The number of rotatable bonds is 9. The number of unbranched alkanes of at least 4 members (excludes halogenated alkanes) is 5. The highest BCUT2D eigenvalue weighted by Crippen LogP contribution is 2.33. The average Bonchev–Trinajstić information content (AvgIpc) is 3.19. The molecule has 0 radical (unpaired) electrons. The van der Waals surface area contributed by atoms with Crippen LogP contribution in [0.1, 0.15) is 38.5 Å². The summed E-state index contributed by atoms with van der Waals surface area (Å²) in [6, 6.07) is 19.8. The standard InChI is InChI=1S/C25H25N5O/c26-16-9-3-1-2-4-10-19-30-25(31)21(15-17-27-30)23-22-14-8-11-18-29(22)28-24(23)20-12-6-5-7-13-20/h5-8,11-15,17-18H,1-4,9-10,19H2. The van der Waals surface area contributed by atoms with Crippen LogP contribution in [0.15, 0.2) is 71.8 Å². The van der Waals surface area contributed by atoms with Gasteiger partial charge >= 0.3 is 0 Å². The zero-order chi connectivity index (χ0) is 21.5. The summed E-state index contributed by atoms with van der Waals surface area (Å²) in [6.45, 7) is 0.588. The lowest BCUT2D eigenvalue weighted by atomic mass is 10.0. The van der Waals surface area contributed by atoms with Gasteiger partial charge in [0.2, 0.25) is 0 Å². The van der Waals surface area contributed by atoms with Crippen molar-refractivity contribution in [2.75, 3.05) is 0 Å². The second-order valence-electron chi connectivity index (χ2n) is 7.57. The zero-order valence-corrected chi connectivity index (χ0v) is 17.4. The molecule has 4 aromatic rings. The van der Waals surface area contributed by atoms with Crippen molar-refractivity contribution in [2.24, 2.45) is 0 Å². The Hall–Kier alpha value is -3.72. The lowest BCUT2D eigenvalue weighted by Crippen LogP contribution is -2.24. The molecule has 0 saturated heterocycles. The Balaban J connectivity index is 1.64. The van der Waals surface area contributed by atoms with Crippen molar-refractivity contribution in [3.63, 3.8) is 0 Å². The van der Waals surface area contributed by atoms with Crippen molar-refractivity contribution in [3.05, 3.63) is 77.3 Å². The number of aryl methyl sites for hydroxylation is 1. The van der Waals surface area contributed by atoms with Crippen molar-refractivity contribution in [2.45, 2.75) is 45.1 Å². The number of hydrogen-bond donors (Lipinski definition) is 0. The highest BCUT2D eigenvalue weighted by Gasteiger charge is 2.19. The molecule has 156 valence electrons. The second-order valence-corrected chi connectivity index (χ2v) is 7.57. The third-order valence-electron chi connectivity index (χ3n) is 5.43. The van der Waals surface area contributed by atoms with Gasteiger partial charge in [0.25, 0.3) is 5.56 Å². The van der Waals surface area contributed by atoms with Crippen molar-refractivity contribution < 1.29 is 0 Å². The molecule has 0 fully saturated rings. The first-order valence-electron chi connectivity index (χ1n) is 10.8. The zero-order valence-electron chi connectivity index (χ0n) is 17.4. The van der Waals surface area contributed by atoms with Crippen LogP contribution in [0.3, 0.4) is 0 Å². The summed E-state index contributed by atoms with van der Waals surface area (Å²) in [5, 5.41) is 17.7. The molecule has 0 bridgehead atoms. The van der Waals surface area contributed by atoms with Crippen molar-refractivity contribution >= 4 is 5.52 Å². The molecule has 6 nitrogen and oxygen atoms in total. The van der Waals surface area contributed by atoms with Crippen molar-refractivity contribution in [3.8, 4) is 28.5 Å². The summed E-state index contributed by atoms with van der Waals surface area (Å²) in [7, 11) is 0. The topological polar surface area (TPSA) is 76.0 Å². The molecule has 0 aliphatic rings. The van der Waals surface area contributed by atoms with Gasteiger partial charge in [-0.3, -0.25) is 4.79 Å². The Morgan fingerprint density at radius 2 is 1.68 bits per heavy atom. The predicted octanol–water partition coefficient (Wildman–Crippen LogP) is 5.09. The number of fused-ring (bicyclic) bond motifs is 1. The maximum atomic E-state index is 13.3. The van der Waals surface area contributed by atoms with Crippen LogP contribution < -0.4 is 5.56 Å². The SMILES string of the molecule is N#CCCCCCCCn1nccc(-c2c(-c3ccccc3)nn3ccccc23)c1=O. The Morgan fingerprint density at radius 3 is 2.52 bits per heavy atom. The van der Waals surface area contributed by atoms with Crippen LogP contribution in [-0.4, -0.2) is 19.4 Å². The van der Waals surface area contributed by atoms with E-state index in [-0.39, 0.29) is 5.56 Å². The molecule has 6 heteroatoms. The molecule has 0 saturated carbocycles. The van der Waals surface area contributed by atoms with Crippen LogP contribution in [-0.2, 0) is 6.54 Å². The largest absolute Gasteiger partial charge is 0.274 e. The Labute approximate surface area is 181 Å².